The van der Waals surface area contributed by atoms with Crippen molar-refractivity contribution < 1.29 is 24.2 Å². The number of aromatic nitrogens is 2. The zero-order chi connectivity index (χ0) is 31.6. The van der Waals surface area contributed by atoms with Crippen LogP contribution in [0.4, 0.5) is 5.95 Å². The molecule has 236 valence electrons. The van der Waals surface area contributed by atoms with Gasteiger partial charge in [0, 0.05) is 61.5 Å². The second-order valence-electron chi connectivity index (χ2n) is 13.2. The highest BCUT2D eigenvalue weighted by molar-refractivity contribution is 6.31. The number of nitrogens with one attached hydrogen (secondary N) is 1. The van der Waals surface area contributed by atoms with Crippen LogP contribution in [0.3, 0.4) is 0 Å². The molecule has 1 aromatic carbocycles. The second kappa shape index (κ2) is 12.9. The van der Waals surface area contributed by atoms with E-state index in [0.29, 0.717) is 66.9 Å². The first-order valence-electron chi connectivity index (χ1n) is 15.2. The summed E-state index contributed by atoms with van der Waals surface area (Å²) < 4.78 is 12.2. The molecule has 3 aliphatic rings. The number of nitrogens with zero attached hydrogens (tertiary/aromatic N) is 5. The number of aliphatic hydroxyl groups is 1. The summed E-state index contributed by atoms with van der Waals surface area (Å²) in [5.41, 5.74) is 0.00885. The largest absolute Gasteiger partial charge is 0.489 e. The van der Waals surface area contributed by atoms with Crippen LogP contribution < -0.4 is 15.0 Å². The van der Waals surface area contributed by atoms with Gasteiger partial charge in [0.2, 0.25) is 11.9 Å². The number of hydrogen-bond acceptors (Lipinski definition) is 9. The van der Waals surface area contributed by atoms with Crippen LogP contribution in [0.2, 0.25) is 5.02 Å². The Balaban J connectivity index is 1.10. The lowest BCUT2D eigenvalue weighted by Crippen LogP contribution is -2.74. The number of likely N-dealkylation sites (tertiary alicyclic amines) is 1. The summed E-state index contributed by atoms with van der Waals surface area (Å²) in [4.78, 5) is 38.5. The van der Waals surface area contributed by atoms with E-state index in [1.807, 2.05) is 0 Å². The topological polar surface area (TPSA) is 141 Å². The van der Waals surface area contributed by atoms with Crippen molar-refractivity contribution in [1.29, 1.82) is 5.26 Å². The number of piperidine rings is 2. The number of hydrogen-bond donors (Lipinski definition) is 2. The molecule has 44 heavy (non-hydrogen) atoms. The first-order valence-corrected chi connectivity index (χ1v) is 15.6. The minimum atomic E-state index is -0.381. The third-order valence-corrected chi connectivity index (χ3v) is 9.63. The van der Waals surface area contributed by atoms with Gasteiger partial charge in [-0.15, -0.1) is 0 Å². The molecule has 1 saturated carbocycles. The molecular weight excluding hydrogens is 584 g/mol. The third kappa shape index (κ3) is 6.63. The molecule has 2 aromatic rings. The average Bonchev–Trinajstić information content (AvgIpc) is 3.01. The van der Waals surface area contributed by atoms with Crippen molar-refractivity contribution in [2.75, 3.05) is 37.7 Å². The van der Waals surface area contributed by atoms with Crippen molar-refractivity contribution in [3.05, 3.63) is 46.7 Å². The van der Waals surface area contributed by atoms with Gasteiger partial charge < -0.3 is 29.7 Å². The highest BCUT2D eigenvalue weighted by Crippen LogP contribution is 2.55. The van der Waals surface area contributed by atoms with Gasteiger partial charge in [-0.25, -0.2) is 9.97 Å². The number of ether oxygens (including phenoxy) is 2. The maximum Gasteiger partial charge on any atom is 0.254 e. The molecule has 2 N–H and O–H groups in total. The van der Waals surface area contributed by atoms with E-state index >= 15 is 0 Å². The molecule has 0 bridgehead atoms. The zero-order valence-corrected chi connectivity index (χ0v) is 26.5. The highest BCUT2D eigenvalue weighted by Gasteiger charge is 2.64. The minimum Gasteiger partial charge on any atom is -0.489 e. The van der Waals surface area contributed by atoms with Crippen LogP contribution in [0.5, 0.6) is 5.75 Å². The molecule has 0 radical (unpaired) electrons. The Morgan fingerprint density at radius 1 is 1.07 bits per heavy atom. The van der Waals surface area contributed by atoms with Crippen LogP contribution >= 0.6 is 11.6 Å². The van der Waals surface area contributed by atoms with Crippen molar-refractivity contribution >= 4 is 29.4 Å². The van der Waals surface area contributed by atoms with E-state index in [-0.39, 0.29) is 53.6 Å². The predicted octanol–water partition coefficient (Wildman–Crippen LogP) is 3.58. The van der Waals surface area contributed by atoms with Crippen LogP contribution in [0.1, 0.15) is 69.3 Å². The molecule has 5 rings (SSSR count). The first-order chi connectivity index (χ1) is 20.9. The maximum absolute atomic E-state index is 13.2. The Morgan fingerprint density at radius 2 is 1.70 bits per heavy atom. The van der Waals surface area contributed by atoms with E-state index in [1.54, 1.807) is 35.5 Å². The van der Waals surface area contributed by atoms with E-state index in [1.165, 1.54) is 0 Å². The SMILES string of the molecule is CC1(C)C(NC(=O)c2cnc(N3CCC(OCC(=O)N4CCC(O)CC4)CC3)nc2)C(C)(C)C1Oc1ccc(C#N)c(Cl)c1. The van der Waals surface area contributed by atoms with Crippen molar-refractivity contribution in [2.24, 2.45) is 10.8 Å². The number of rotatable bonds is 8. The van der Waals surface area contributed by atoms with Crippen molar-refractivity contribution in [3.8, 4) is 11.8 Å². The highest BCUT2D eigenvalue weighted by atomic mass is 35.5. The fourth-order valence-electron chi connectivity index (χ4n) is 7.03. The van der Waals surface area contributed by atoms with Crippen molar-refractivity contribution in [3.63, 3.8) is 0 Å². The second-order valence-corrected chi connectivity index (χ2v) is 13.6. The summed E-state index contributed by atoms with van der Waals surface area (Å²) in [6.07, 6.45) is 5.33. The van der Waals surface area contributed by atoms with Gasteiger partial charge in [-0.05, 0) is 37.8 Å². The van der Waals surface area contributed by atoms with Crippen LogP contribution in [0.25, 0.3) is 0 Å². The lowest BCUT2D eigenvalue weighted by molar-refractivity contribution is -0.164. The molecule has 2 saturated heterocycles. The number of carbonyl (C=O) groups is 2. The van der Waals surface area contributed by atoms with E-state index < -0.39 is 0 Å². The average molecular weight is 625 g/mol. The number of anilines is 1. The lowest BCUT2D eigenvalue weighted by Gasteiger charge is -2.63. The molecule has 0 unspecified atom stereocenters. The number of halogens is 1. The molecule has 0 atom stereocenters. The van der Waals surface area contributed by atoms with Gasteiger partial charge in [-0.1, -0.05) is 39.3 Å². The lowest BCUT2D eigenvalue weighted by atomic mass is 9.49. The zero-order valence-electron chi connectivity index (χ0n) is 25.8. The summed E-state index contributed by atoms with van der Waals surface area (Å²) in [6, 6.07) is 6.91. The molecule has 12 heteroatoms. The molecular formula is C32H41ClN6O5. The van der Waals surface area contributed by atoms with Crippen molar-refractivity contribution in [2.45, 2.75) is 77.7 Å². The van der Waals surface area contributed by atoms with E-state index in [0.717, 1.165) is 12.8 Å². The van der Waals surface area contributed by atoms with Gasteiger partial charge >= 0.3 is 0 Å². The van der Waals surface area contributed by atoms with Gasteiger partial charge in [-0.2, -0.15) is 5.26 Å². The summed E-state index contributed by atoms with van der Waals surface area (Å²) in [6.45, 7) is 10.8. The number of aliphatic hydroxyl groups excluding tert-OH is 1. The molecule has 11 nitrogen and oxygen atoms in total. The summed E-state index contributed by atoms with van der Waals surface area (Å²) in [5, 5.41) is 22.3. The third-order valence-electron chi connectivity index (χ3n) is 9.31. The molecule has 2 aliphatic heterocycles. The maximum atomic E-state index is 13.2. The first kappa shape index (κ1) is 31.9. The predicted molar refractivity (Wildman–Crippen MR) is 164 cm³/mol. The van der Waals surface area contributed by atoms with Gasteiger partial charge in [0.25, 0.3) is 5.91 Å². The molecule has 3 heterocycles. The van der Waals surface area contributed by atoms with Crippen LogP contribution in [0, 0.1) is 22.2 Å². The number of nitriles is 1. The molecule has 0 spiro atoms. The van der Waals surface area contributed by atoms with Crippen molar-refractivity contribution in [1.82, 2.24) is 20.2 Å². The smallest absolute Gasteiger partial charge is 0.254 e. The summed E-state index contributed by atoms with van der Waals surface area (Å²) >= 11 is 6.20. The quantitative estimate of drug-likeness (QED) is 0.451. The summed E-state index contributed by atoms with van der Waals surface area (Å²) in [7, 11) is 0. The van der Waals surface area contributed by atoms with Crippen LogP contribution in [-0.4, -0.2) is 88.9 Å². The van der Waals surface area contributed by atoms with Crippen LogP contribution in [0.15, 0.2) is 30.6 Å². The van der Waals surface area contributed by atoms with E-state index in [4.69, 9.17) is 26.3 Å². The summed E-state index contributed by atoms with van der Waals surface area (Å²) in [5.74, 6) is 0.866. The Morgan fingerprint density at radius 3 is 2.30 bits per heavy atom. The molecule has 2 amide bonds. The normalized spacial score (nSPS) is 23.4. The van der Waals surface area contributed by atoms with Gasteiger partial charge in [0.05, 0.1) is 28.4 Å². The molecule has 3 fully saturated rings. The fraction of sp³-hybridized carbons (Fsp3) is 0.594. The number of amides is 2. The number of benzene rings is 1. The Bertz CT molecular complexity index is 1380. The molecule has 1 aliphatic carbocycles. The van der Waals surface area contributed by atoms with Gasteiger partial charge in [-0.3, -0.25) is 9.59 Å². The molecule has 1 aromatic heterocycles. The Labute approximate surface area is 263 Å². The fourth-order valence-corrected chi connectivity index (χ4v) is 7.24. The standard InChI is InChI=1S/C32H41ClN6O5/c1-31(2)28(32(3,4)29(31)44-24-6-5-20(16-34)25(33)15-24)37-27(42)21-17-35-30(36-18-21)39-13-9-23(10-14-39)43-19-26(41)38-11-7-22(40)8-12-38/h5-6,15,17-18,22-23,28-29,40H,7-14,19H2,1-4H3,(H,37,42). The monoisotopic (exact) mass is 624 g/mol. The number of carbonyl (C=O) groups excluding carboxylic acids is 2. The van der Waals surface area contributed by atoms with Gasteiger partial charge in [0.1, 0.15) is 24.5 Å². The van der Waals surface area contributed by atoms with Crippen LogP contribution in [-0.2, 0) is 9.53 Å². The Kier molecular flexibility index (Phi) is 9.35. The van der Waals surface area contributed by atoms with E-state index in [2.05, 4.69) is 53.9 Å². The Hall–Kier alpha value is -3.46. The van der Waals surface area contributed by atoms with E-state index in [9.17, 15) is 14.7 Å². The minimum absolute atomic E-state index is 0.00785. The van der Waals surface area contributed by atoms with Gasteiger partial charge in [0.15, 0.2) is 0 Å².